The third-order valence-corrected chi connectivity index (χ3v) is 5.39. The first-order valence-electron chi connectivity index (χ1n) is 8.57. The van der Waals surface area contributed by atoms with Crippen molar-refractivity contribution in [1.29, 1.82) is 0 Å². The number of pyridine rings is 1. The quantitative estimate of drug-likeness (QED) is 0.726. The first kappa shape index (κ1) is 17.4. The van der Waals surface area contributed by atoms with Crippen molar-refractivity contribution in [3.8, 4) is 0 Å². The van der Waals surface area contributed by atoms with Gasteiger partial charge in [-0.1, -0.05) is 0 Å². The molecule has 0 unspecified atom stereocenters. The predicted molar refractivity (Wildman–Crippen MR) is 99.2 cm³/mol. The number of nitrogens with zero attached hydrogens (tertiary/aromatic N) is 3. The number of nitrogens with one attached hydrogen (secondary N) is 3. The molecule has 27 heavy (non-hydrogen) atoms. The van der Waals surface area contributed by atoms with E-state index in [9.17, 15) is 14.4 Å². The molecule has 9 nitrogen and oxygen atoms in total. The average molecular weight is 386 g/mol. The lowest BCUT2D eigenvalue weighted by molar-refractivity contribution is -0.134. The van der Waals surface area contributed by atoms with Gasteiger partial charge in [0, 0.05) is 37.2 Å². The van der Waals surface area contributed by atoms with Crippen molar-refractivity contribution in [3.05, 3.63) is 35.5 Å². The molecule has 0 saturated carbocycles. The predicted octanol–water partition coefficient (Wildman–Crippen LogP) is 1.04. The number of hydrogen-bond acceptors (Lipinski definition) is 7. The topological polar surface area (TPSA) is 116 Å². The SMILES string of the molecule is O=C(CN1CC[C@]2(CCC1=O)NC(=O)c1cccnc1N2)Nc1nccs1. The van der Waals surface area contributed by atoms with E-state index >= 15 is 0 Å². The van der Waals surface area contributed by atoms with Gasteiger partial charge in [-0.15, -0.1) is 11.3 Å². The zero-order valence-corrected chi connectivity index (χ0v) is 15.2. The molecule has 140 valence electrons. The lowest BCUT2D eigenvalue weighted by atomic mass is 9.97. The van der Waals surface area contributed by atoms with Gasteiger partial charge in [-0.3, -0.25) is 14.4 Å². The van der Waals surface area contributed by atoms with Gasteiger partial charge in [0.15, 0.2) is 5.13 Å². The summed E-state index contributed by atoms with van der Waals surface area (Å²) < 4.78 is 0. The fourth-order valence-corrected chi connectivity index (χ4v) is 3.86. The van der Waals surface area contributed by atoms with Crippen LogP contribution in [-0.4, -0.2) is 51.3 Å². The van der Waals surface area contributed by atoms with E-state index in [1.165, 1.54) is 16.2 Å². The maximum absolute atomic E-state index is 12.5. The molecule has 0 aromatic carbocycles. The van der Waals surface area contributed by atoms with Crippen molar-refractivity contribution in [2.24, 2.45) is 0 Å². The number of hydrogen-bond donors (Lipinski definition) is 3. The van der Waals surface area contributed by atoms with Gasteiger partial charge in [-0.25, -0.2) is 9.97 Å². The van der Waals surface area contributed by atoms with E-state index in [1.807, 2.05) is 0 Å². The standard InChI is InChI=1S/C17H18N6O3S/c24-12(20-16-19-7-9-27-16)10-23-8-5-17(4-3-13(23)25)21-14-11(15(26)22-17)2-1-6-18-14/h1-2,6-7,9H,3-5,8,10H2,(H,18,21)(H,22,26)(H,19,20,24)/t17-/m0/s1. The van der Waals surface area contributed by atoms with E-state index in [0.717, 1.165) is 0 Å². The molecule has 1 atom stereocenters. The summed E-state index contributed by atoms with van der Waals surface area (Å²) in [5.74, 6) is -0.103. The Balaban J connectivity index is 1.44. The highest BCUT2D eigenvalue weighted by molar-refractivity contribution is 7.13. The van der Waals surface area contributed by atoms with Crippen LogP contribution in [0.4, 0.5) is 10.9 Å². The summed E-state index contributed by atoms with van der Waals surface area (Å²) in [7, 11) is 0. The van der Waals surface area contributed by atoms with Crippen molar-refractivity contribution < 1.29 is 14.4 Å². The molecule has 10 heteroatoms. The van der Waals surface area contributed by atoms with Crippen LogP contribution in [0.1, 0.15) is 29.6 Å². The maximum atomic E-state index is 12.5. The van der Waals surface area contributed by atoms with Crippen molar-refractivity contribution >= 4 is 40.0 Å². The number of rotatable bonds is 3. The number of likely N-dealkylation sites (tertiary alicyclic amines) is 1. The van der Waals surface area contributed by atoms with Crippen LogP contribution in [0.5, 0.6) is 0 Å². The molecule has 2 aromatic heterocycles. The zero-order valence-electron chi connectivity index (χ0n) is 14.4. The Morgan fingerprint density at radius 2 is 2.15 bits per heavy atom. The maximum Gasteiger partial charge on any atom is 0.256 e. The molecule has 2 aliphatic rings. The Morgan fingerprint density at radius 3 is 2.96 bits per heavy atom. The Labute approximate surface area is 159 Å². The molecule has 4 heterocycles. The summed E-state index contributed by atoms with van der Waals surface area (Å²) in [6.07, 6.45) is 4.35. The van der Waals surface area contributed by atoms with Crippen LogP contribution >= 0.6 is 11.3 Å². The van der Waals surface area contributed by atoms with Gasteiger partial charge >= 0.3 is 0 Å². The number of aromatic nitrogens is 2. The van der Waals surface area contributed by atoms with Crippen LogP contribution in [0.25, 0.3) is 0 Å². The second-order valence-electron chi connectivity index (χ2n) is 6.51. The summed E-state index contributed by atoms with van der Waals surface area (Å²) in [5, 5.41) is 11.2. The highest BCUT2D eigenvalue weighted by atomic mass is 32.1. The molecule has 2 aromatic rings. The summed E-state index contributed by atoms with van der Waals surface area (Å²) in [5.41, 5.74) is -0.257. The van der Waals surface area contributed by atoms with Crippen LogP contribution in [0.3, 0.4) is 0 Å². The van der Waals surface area contributed by atoms with Crippen LogP contribution in [-0.2, 0) is 9.59 Å². The monoisotopic (exact) mass is 386 g/mol. The first-order valence-corrected chi connectivity index (χ1v) is 9.45. The van der Waals surface area contributed by atoms with Gasteiger partial charge < -0.3 is 20.9 Å². The van der Waals surface area contributed by atoms with Crippen molar-refractivity contribution in [3.63, 3.8) is 0 Å². The zero-order chi connectivity index (χ0) is 18.9. The van der Waals surface area contributed by atoms with E-state index in [2.05, 4.69) is 25.9 Å². The van der Waals surface area contributed by atoms with Crippen molar-refractivity contribution in [1.82, 2.24) is 20.2 Å². The van der Waals surface area contributed by atoms with Crippen molar-refractivity contribution in [2.75, 3.05) is 23.7 Å². The molecule has 1 saturated heterocycles. The van der Waals surface area contributed by atoms with Gasteiger partial charge in [0.2, 0.25) is 11.8 Å². The number of thiazole rings is 1. The minimum absolute atomic E-state index is 0.0444. The summed E-state index contributed by atoms with van der Waals surface area (Å²) in [6.45, 7) is 0.302. The molecule has 3 N–H and O–H groups in total. The number of carbonyl (C=O) groups is 3. The van der Waals surface area contributed by atoms with Gasteiger partial charge in [-0.05, 0) is 18.6 Å². The van der Waals surface area contributed by atoms with Crippen LogP contribution in [0.15, 0.2) is 29.9 Å². The van der Waals surface area contributed by atoms with Gasteiger partial charge in [0.1, 0.15) is 11.5 Å². The number of fused-ring (bicyclic) bond motifs is 1. The molecular formula is C17H18N6O3S. The number of amides is 3. The summed E-state index contributed by atoms with van der Waals surface area (Å²) >= 11 is 1.32. The van der Waals surface area contributed by atoms with E-state index < -0.39 is 5.66 Å². The lowest BCUT2D eigenvalue weighted by Crippen LogP contribution is -2.58. The van der Waals surface area contributed by atoms with E-state index in [-0.39, 0.29) is 30.7 Å². The Bertz CT molecular complexity index is 887. The van der Waals surface area contributed by atoms with Crippen LogP contribution in [0, 0.1) is 0 Å². The second-order valence-corrected chi connectivity index (χ2v) is 7.41. The first-order chi connectivity index (χ1) is 13.0. The molecule has 2 aliphatic heterocycles. The van der Waals surface area contributed by atoms with Crippen molar-refractivity contribution in [2.45, 2.75) is 24.9 Å². The smallest absolute Gasteiger partial charge is 0.256 e. The minimum Gasteiger partial charge on any atom is -0.347 e. The lowest BCUT2D eigenvalue weighted by Gasteiger charge is -2.39. The third kappa shape index (κ3) is 3.61. The highest BCUT2D eigenvalue weighted by Gasteiger charge is 2.41. The fraction of sp³-hybridized carbons (Fsp3) is 0.353. The molecule has 4 rings (SSSR count). The molecular weight excluding hydrogens is 368 g/mol. The molecule has 3 amide bonds. The average Bonchev–Trinajstić information content (AvgIpc) is 3.11. The minimum atomic E-state index is -0.741. The molecule has 0 radical (unpaired) electrons. The molecule has 1 fully saturated rings. The normalized spacial score (nSPS) is 21.9. The highest BCUT2D eigenvalue weighted by Crippen LogP contribution is 2.30. The Morgan fingerprint density at radius 1 is 1.26 bits per heavy atom. The van der Waals surface area contributed by atoms with Crippen LogP contribution < -0.4 is 16.0 Å². The third-order valence-electron chi connectivity index (χ3n) is 4.70. The second kappa shape index (κ2) is 6.95. The number of anilines is 2. The van der Waals surface area contributed by atoms with E-state index in [0.29, 0.717) is 35.9 Å². The van der Waals surface area contributed by atoms with Crippen LogP contribution in [0.2, 0.25) is 0 Å². The Hall–Kier alpha value is -3.01. The van der Waals surface area contributed by atoms with Gasteiger partial charge in [0.05, 0.1) is 12.1 Å². The molecule has 0 aliphatic carbocycles. The van der Waals surface area contributed by atoms with E-state index in [4.69, 9.17) is 0 Å². The van der Waals surface area contributed by atoms with E-state index in [1.54, 1.807) is 29.9 Å². The van der Waals surface area contributed by atoms with Gasteiger partial charge in [-0.2, -0.15) is 0 Å². The summed E-state index contributed by atoms with van der Waals surface area (Å²) in [6, 6.07) is 3.41. The Kier molecular flexibility index (Phi) is 4.48. The number of carbonyl (C=O) groups excluding carboxylic acids is 3. The van der Waals surface area contributed by atoms with Gasteiger partial charge in [0.25, 0.3) is 5.91 Å². The summed E-state index contributed by atoms with van der Waals surface area (Å²) in [4.78, 5) is 46.9. The fourth-order valence-electron chi connectivity index (χ4n) is 3.32. The largest absolute Gasteiger partial charge is 0.347 e. The molecule has 1 spiro atoms. The molecule has 0 bridgehead atoms.